The van der Waals surface area contributed by atoms with Crippen LogP contribution in [0.15, 0.2) is 18.2 Å². The van der Waals surface area contributed by atoms with Crippen LogP contribution in [0.4, 0.5) is 0 Å². The molecule has 0 aliphatic heterocycles. The van der Waals surface area contributed by atoms with Gasteiger partial charge in [-0.15, -0.1) is 0 Å². The molecule has 0 aliphatic rings. The molecule has 1 aromatic carbocycles. The molecule has 0 saturated carbocycles. The predicted molar refractivity (Wildman–Crippen MR) is 107 cm³/mol. The largest absolute Gasteiger partial charge is 0.481 e. The number of carbonyl (C=O) groups is 3. The maximum Gasteiger partial charge on any atom is 0.341 e. The molecule has 3 N–H and O–H groups in total. The number of hydrogen-bond acceptors (Lipinski definition) is 4. The van der Waals surface area contributed by atoms with Crippen LogP contribution in [0.2, 0.25) is 0 Å². The minimum atomic E-state index is -1.12. The molecule has 7 nitrogen and oxygen atoms in total. The van der Waals surface area contributed by atoms with E-state index in [1.165, 1.54) is 19.3 Å². The average Bonchev–Trinajstić information content (AvgIpc) is 2.94. The van der Waals surface area contributed by atoms with Gasteiger partial charge in [0.1, 0.15) is 5.75 Å². The van der Waals surface area contributed by atoms with Crippen molar-refractivity contribution in [3.05, 3.63) is 29.5 Å². The third kappa shape index (κ3) is 4.91. The van der Waals surface area contributed by atoms with Crippen LogP contribution in [0.25, 0.3) is 10.9 Å². The fourth-order valence-electron chi connectivity index (χ4n) is 3.49. The number of aryl methyl sites for hydroxylation is 1. The fraction of sp³-hybridized carbons (Fsp3) is 0.476. The molecule has 0 saturated heterocycles. The van der Waals surface area contributed by atoms with E-state index in [4.69, 9.17) is 15.6 Å². The van der Waals surface area contributed by atoms with Gasteiger partial charge in [0.2, 0.25) is 0 Å². The molecule has 28 heavy (non-hydrogen) atoms. The molecule has 0 aliphatic carbocycles. The van der Waals surface area contributed by atoms with Crippen molar-refractivity contribution < 1.29 is 24.2 Å². The number of carboxylic acids is 1. The molecule has 152 valence electrons. The number of nitrogens with two attached hydrogens (primary N) is 1. The average molecular weight is 388 g/mol. The number of carbonyl (C=O) groups excluding carboxylic acids is 2. The second-order valence-corrected chi connectivity index (χ2v) is 6.91. The van der Waals surface area contributed by atoms with E-state index in [2.05, 4.69) is 6.92 Å². The summed E-state index contributed by atoms with van der Waals surface area (Å²) in [5.41, 5.74) is 6.81. The number of amides is 1. The van der Waals surface area contributed by atoms with Gasteiger partial charge in [-0.1, -0.05) is 45.1 Å². The molecular weight excluding hydrogens is 360 g/mol. The topological polar surface area (TPSA) is 112 Å². The second-order valence-electron chi connectivity index (χ2n) is 6.91. The van der Waals surface area contributed by atoms with Gasteiger partial charge in [-0.2, -0.15) is 0 Å². The van der Waals surface area contributed by atoms with Gasteiger partial charge in [0.15, 0.2) is 6.61 Å². The highest BCUT2D eigenvalue weighted by Gasteiger charge is 2.26. The number of rotatable bonds is 12. The number of ketones is 1. The highest BCUT2D eigenvalue weighted by atomic mass is 16.5. The zero-order valence-corrected chi connectivity index (χ0v) is 16.5. The molecule has 0 unspecified atom stereocenters. The van der Waals surface area contributed by atoms with Crippen molar-refractivity contribution in [2.75, 3.05) is 6.61 Å². The highest BCUT2D eigenvalue weighted by Crippen LogP contribution is 2.34. The Morgan fingerprint density at radius 3 is 2.43 bits per heavy atom. The molecule has 2 rings (SSSR count). The van der Waals surface area contributed by atoms with Gasteiger partial charge >= 0.3 is 5.97 Å². The Hall–Kier alpha value is -2.83. The van der Waals surface area contributed by atoms with Gasteiger partial charge in [0.25, 0.3) is 11.7 Å². The summed E-state index contributed by atoms with van der Waals surface area (Å²) in [5, 5.41) is 9.35. The highest BCUT2D eigenvalue weighted by molar-refractivity contribution is 6.45. The zero-order chi connectivity index (χ0) is 20.7. The molecule has 1 heterocycles. The number of hydrogen-bond donors (Lipinski definition) is 2. The van der Waals surface area contributed by atoms with Crippen molar-refractivity contribution in [1.29, 1.82) is 0 Å². The number of carboxylic acid groups (broad SMARTS) is 1. The lowest BCUT2D eigenvalue weighted by atomic mass is 10.1. The molecule has 1 amide bonds. The Kier molecular flexibility index (Phi) is 7.61. The molecule has 7 heteroatoms. The van der Waals surface area contributed by atoms with Crippen LogP contribution < -0.4 is 10.5 Å². The fourth-order valence-corrected chi connectivity index (χ4v) is 3.49. The number of unbranched alkanes of at least 4 members (excludes halogenated alkanes) is 5. The third-order valence-electron chi connectivity index (χ3n) is 4.85. The second kappa shape index (κ2) is 9.92. The summed E-state index contributed by atoms with van der Waals surface area (Å²) < 4.78 is 7.36. The molecule has 0 atom stereocenters. The Labute approximate surface area is 164 Å². The van der Waals surface area contributed by atoms with Gasteiger partial charge in [0, 0.05) is 12.2 Å². The maximum absolute atomic E-state index is 12.5. The first-order valence-electron chi connectivity index (χ1n) is 9.69. The van der Waals surface area contributed by atoms with Gasteiger partial charge in [0.05, 0.1) is 16.5 Å². The Morgan fingerprint density at radius 2 is 1.79 bits per heavy atom. The molecule has 0 spiro atoms. The van der Waals surface area contributed by atoms with Crippen molar-refractivity contribution in [1.82, 2.24) is 4.57 Å². The Bertz CT molecular complexity index is 869. The third-order valence-corrected chi connectivity index (χ3v) is 4.85. The first-order chi connectivity index (χ1) is 13.4. The summed E-state index contributed by atoms with van der Waals surface area (Å²) in [7, 11) is 0. The number of aromatic nitrogens is 1. The Balaban J connectivity index is 2.40. The minimum absolute atomic E-state index is 0.189. The number of ether oxygens (including phenoxy) is 1. The molecular formula is C21H28N2O5. The maximum atomic E-state index is 12.5. The smallest absolute Gasteiger partial charge is 0.341 e. The van der Waals surface area contributed by atoms with Crippen molar-refractivity contribution in [3.63, 3.8) is 0 Å². The van der Waals surface area contributed by atoms with Crippen LogP contribution in [0.1, 0.15) is 61.5 Å². The monoisotopic (exact) mass is 388 g/mol. The van der Waals surface area contributed by atoms with E-state index < -0.39 is 24.3 Å². The molecule has 0 fully saturated rings. The van der Waals surface area contributed by atoms with Gasteiger partial charge in [-0.3, -0.25) is 9.59 Å². The summed E-state index contributed by atoms with van der Waals surface area (Å²) in [6, 6.07) is 5.18. The number of nitrogens with zero attached hydrogens (tertiary/aromatic N) is 1. The molecule has 0 bridgehead atoms. The van der Waals surface area contributed by atoms with Gasteiger partial charge in [-0.25, -0.2) is 4.79 Å². The van der Waals surface area contributed by atoms with E-state index >= 15 is 0 Å². The molecule has 0 radical (unpaired) electrons. The van der Waals surface area contributed by atoms with Crippen molar-refractivity contribution in [2.24, 2.45) is 5.73 Å². The predicted octanol–water partition coefficient (Wildman–Crippen LogP) is 3.44. The van der Waals surface area contributed by atoms with E-state index in [1.54, 1.807) is 19.1 Å². The lowest BCUT2D eigenvalue weighted by molar-refractivity contribution is -0.139. The number of Topliss-reactive ketones (excluding diaryl/α,β-unsaturated/α-hetero) is 1. The van der Waals surface area contributed by atoms with Gasteiger partial charge < -0.3 is 20.1 Å². The number of fused-ring (bicyclic) bond motifs is 1. The van der Waals surface area contributed by atoms with Crippen molar-refractivity contribution in [2.45, 2.75) is 58.9 Å². The van der Waals surface area contributed by atoms with Crippen LogP contribution in [-0.2, 0) is 16.1 Å². The van der Waals surface area contributed by atoms with Crippen LogP contribution >= 0.6 is 0 Å². The van der Waals surface area contributed by atoms with Crippen LogP contribution in [0.3, 0.4) is 0 Å². The zero-order valence-electron chi connectivity index (χ0n) is 16.5. The van der Waals surface area contributed by atoms with E-state index in [-0.39, 0.29) is 11.3 Å². The first-order valence-corrected chi connectivity index (χ1v) is 9.69. The van der Waals surface area contributed by atoms with Crippen LogP contribution in [0, 0.1) is 6.92 Å². The quantitative estimate of drug-likeness (QED) is 0.329. The Morgan fingerprint density at radius 1 is 1.11 bits per heavy atom. The summed E-state index contributed by atoms with van der Waals surface area (Å²) in [5.74, 6) is -2.71. The van der Waals surface area contributed by atoms with Gasteiger partial charge in [-0.05, 0) is 25.5 Å². The van der Waals surface area contributed by atoms with Crippen LogP contribution in [-0.4, -0.2) is 33.9 Å². The van der Waals surface area contributed by atoms with Crippen LogP contribution in [0.5, 0.6) is 5.75 Å². The summed E-state index contributed by atoms with van der Waals surface area (Å²) in [4.78, 5) is 34.9. The SMILES string of the molecule is CCCCCCCCn1c(C)c(C(=O)C(N)=O)c2c(OCC(=O)O)cccc21. The minimum Gasteiger partial charge on any atom is -0.481 e. The lowest BCUT2D eigenvalue weighted by Gasteiger charge is -2.09. The normalized spacial score (nSPS) is 10.9. The summed E-state index contributed by atoms with van der Waals surface area (Å²) in [6.45, 7) is 4.11. The van der Waals surface area contributed by atoms with Crippen molar-refractivity contribution >= 4 is 28.6 Å². The summed E-state index contributed by atoms with van der Waals surface area (Å²) >= 11 is 0. The number of primary amides is 1. The number of benzene rings is 1. The summed E-state index contributed by atoms with van der Waals surface area (Å²) in [6.07, 6.45) is 6.81. The van der Waals surface area contributed by atoms with Crippen molar-refractivity contribution in [3.8, 4) is 5.75 Å². The number of aliphatic carboxylic acids is 1. The first kappa shape index (κ1) is 21.5. The lowest BCUT2D eigenvalue weighted by Crippen LogP contribution is -2.24. The van der Waals surface area contributed by atoms with E-state index in [9.17, 15) is 14.4 Å². The molecule has 2 aromatic rings. The standard InChI is InChI=1S/C21H28N2O5/c1-3-4-5-6-7-8-12-23-14(2)18(20(26)21(22)27)19-15(23)10-9-11-16(19)28-13-17(24)25/h9-11H,3-8,12-13H2,1-2H3,(H2,22,27)(H,24,25). The molecule has 1 aromatic heterocycles. The van der Waals surface area contributed by atoms with E-state index in [0.717, 1.165) is 24.8 Å². The van der Waals surface area contributed by atoms with E-state index in [1.807, 2.05) is 10.6 Å². The van der Waals surface area contributed by atoms with E-state index in [0.29, 0.717) is 17.6 Å².